The molecule has 0 bridgehead atoms. The average Bonchev–Trinajstić information content (AvgIpc) is 3.25. The van der Waals surface area contributed by atoms with Crippen LogP contribution in [0.4, 0.5) is 5.69 Å². The maximum atomic E-state index is 12.4. The zero-order valence-corrected chi connectivity index (χ0v) is 19.4. The number of carbonyl (C=O) groups is 2. The summed E-state index contributed by atoms with van der Waals surface area (Å²) in [4.78, 5) is 25.4. The first-order valence-corrected chi connectivity index (χ1v) is 11.2. The van der Waals surface area contributed by atoms with Crippen LogP contribution < -0.4 is 10.1 Å². The monoisotopic (exact) mass is 453 g/mol. The first kappa shape index (κ1) is 23.3. The molecule has 0 aliphatic carbocycles. The molecule has 1 heterocycles. The van der Waals surface area contributed by atoms with Crippen LogP contribution in [0.25, 0.3) is 5.69 Å². The summed E-state index contributed by atoms with van der Waals surface area (Å²) in [6.45, 7) is 4.27. The first-order valence-electron chi connectivity index (χ1n) is 10.2. The number of rotatable bonds is 9. The summed E-state index contributed by atoms with van der Waals surface area (Å²) in [5.41, 5.74) is 2.86. The highest BCUT2D eigenvalue weighted by Crippen LogP contribution is 2.22. The van der Waals surface area contributed by atoms with Crippen LogP contribution in [0, 0.1) is 0 Å². The molecule has 3 aromatic rings. The van der Waals surface area contributed by atoms with E-state index in [1.807, 2.05) is 16.7 Å². The number of ether oxygens (including phenoxy) is 1. The predicted octanol–water partition coefficient (Wildman–Crippen LogP) is 3.59. The van der Waals surface area contributed by atoms with Gasteiger partial charge in [-0.1, -0.05) is 37.7 Å². The fourth-order valence-electron chi connectivity index (χ4n) is 2.76. The van der Waals surface area contributed by atoms with Gasteiger partial charge >= 0.3 is 0 Å². The van der Waals surface area contributed by atoms with Gasteiger partial charge in [-0.25, -0.2) is 0 Å². The molecule has 0 radical (unpaired) electrons. The standard InChI is InChI=1S/C23H27N5O3S/c1-16(2)17-5-9-19(10-6-17)28-15-24-26-23(28)32-14-21(29)25-18-7-11-20(12-8-18)31-13-22(30)27(3)4/h5-12,15-16H,13-14H2,1-4H3,(H,25,29). The zero-order valence-electron chi connectivity index (χ0n) is 18.6. The van der Waals surface area contributed by atoms with Crippen LogP contribution >= 0.6 is 11.8 Å². The molecule has 0 atom stereocenters. The molecule has 3 rings (SSSR count). The minimum atomic E-state index is -0.156. The molecule has 0 saturated heterocycles. The van der Waals surface area contributed by atoms with E-state index in [0.717, 1.165) is 5.69 Å². The number of nitrogens with one attached hydrogen (secondary N) is 1. The third kappa shape index (κ3) is 6.34. The number of nitrogens with zero attached hydrogens (tertiary/aromatic N) is 4. The van der Waals surface area contributed by atoms with Crippen LogP contribution in [-0.2, 0) is 9.59 Å². The molecule has 2 amide bonds. The number of hydrogen-bond donors (Lipinski definition) is 1. The maximum absolute atomic E-state index is 12.4. The summed E-state index contributed by atoms with van der Waals surface area (Å²) in [6.07, 6.45) is 1.64. The third-order valence-electron chi connectivity index (χ3n) is 4.69. The summed E-state index contributed by atoms with van der Waals surface area (Å²) in [7, 11) is 3.35. The number of aromatic nitrogens is 3. The second-order valence-electron chi connectivity index (χ2n) is 7.67. The topological polar surface area (TPSA) is 89.4 Å². The SMILES string of the molecule is CC(C)c1ccc(-n2cnnc2SCC(=O)Nc2ccc(OCC(=O)N(C)C)cc2)cc1. The van der Waals surface area contributed by atoms with Crippen molar-refractivity contribution in [3.63, 3.8) is 0 Å². The summed E-state index contributed by atoms with van der Waals surface area (Å²) in [5.74, 6) is 0.936. The Balaban J connectivity index is 1.52. The molecule has 1 aromatic heterocycles. The summed E-state index contributed by atoms with van der Waals surface area (Å²) in [6, 6.07) is 15.1. The van der Waals surface area contributed by atoms with Gasteiger partial charge in [0.05, 0.1) is 5.75 Å². The Hall–Kier alpha value is -3.33. The summed E-state index contributed by atoms with van der Waals surface area (Å²) in [5, 5.41) is 11.6. The Morgan fingerprint density at radius 1 is 1.09 bits per heavy atom. The molecule has 0 spiro atoms. The van der Waals surface area contributed by atoms with Gasteiger partial charge in [0.1, 0.15) is 12.1 Å². The number of hydrogen-bond acceptors (Lipinski definition) is 6. The van der Waals surface area contributed by atoms with E-state index in [9.17, 15) is 9.59 Å². The lowest BCUT2D eigenvalue weighted by Gasteiger charge is -2.12. The lowest BCUT2D eigenvalue weighted by molar-refractivity contribution is -0.130. The fourth-order valence-corrected chi connectivity index (χ4v) is 3.48. The van der Waals surface area contributed by atoms with Gasteiger partial charge in [-0.2, -0.15) is 0 Å². The quantitative estimate of drug-likeness (QED) is 0.498. The van der Waals surface area contributed by atoms with Crippen LogP contribution in [0.3, 0.4) is 0 Å². The van der Waals surface area contributed by atoms with Crippen molar-refractivity contribution in [3.05, 3.63) is 60.4 Å². The van der Waals surface area contributed by atoms with Crippen molar-refractivity contribution in [1.29, 1.82) is 0 Å². The van der Waals surface area contributed by atoms with Gasteiger partial charge in [0.15, 0.2) is 11.8 Å². The van der Waals surface area contributed by atoms with Crippen LogP contribution in [0.15, 0.2) is 60.0 Å². The molecule has 0 aliphatic rings. The van der Waals surface area contributed by atoms with Crippen molar-refractivity contribution in [2.75, 3.05) is 31.8 Å². The lowest BCUT2D eigenvalue weighted by atomic mass is 10.0. The van der Waals surface area contributed by atoms with E-state index < -0.39 is 0 Å². The van der Waals surface area contributed by atoms with E-state index in [1.54, 1.807) is 44.7 Å². The van der Waals surface area contributed by atoms with Gasteiger partial charge < -0.3 is 15.0 Å². The highest BCUT2D eigenvalue weighted by Gasteiger charge is 2.11. The number of carbonyl (C=O) groups excluding carboxylic acids is 2. The minimum absolute atomic E-state index is 0.0315. The molecule has 168 valence electrons. The Bertz CT molecular complexity index is 1050. The van der Waals surface area contributed by atoms with E-state index in [4.69, 9.17) is 4.74 Å². The van der Waals surface area contributed by atoms with E-state index in [2.05, 4.69) is 41.5 Å². The van der Waals surface area contributed by atoms with Crippen molar-refractivity contribution in [2.24, 2.45) is 0 Å². The molecule has 32 heavy (non-hydrogen) atoms. The predicted molar refractivity (Wildman–Crippen MR) is 125 cm³/mol. The Labute approximate surface area is 192 Å². The molecule has 9 heteroatoms. The number of likely N-dealkylation sites (N-methyl/N-ethyl adjacent to an activating group) is 1. The Kier molecular flexibility index (Phi) is 7.88. The van der Waals surface area contributed by atoms with Crippen molar-refractivity contribution < 1.29 is 14.3 Å². The van der Waals surface area contributed by atoms with E-state index in [-0.39, 0.29) is 24.2 Å². The Morgan fingerprint density at radius 3 is 2.41 bits per heavy atom. The smallest absolute Gasteiger partial charge is 0.259 e. The average molecular weight is 454 g/mol. The minimum Gasteiger partial charge on any atom is -0.484 e. The highest BCUT2D eigenvalue weighted by molar-refractivity contribution is 7.99. The van der Waals surface area contributed by atoms with Crippen molar-refractivity contribution >= 4 is 29.3 Å². The number of thioether (sulfide) groups is 1. The van der Waals surface area contributed by atoms with Crippen LogP contribution in [-0.4, -0.2) is 57.9 Å². The van der Waals surface area contributed by atoms with Gasteiger partial charge in [-0.05, 0) is 47.9 Å². The summed E-state index contributed by atoms with van der Waals surface area (Å²) < 4.78 is 7.30. The fraction of sp³-hybridized carbons (Fsp3) is 0.304. The molecular formula is C23H27N5O3S. The molecule has 1 N–H and O–H groups in total. The molecule has 0 unspecified atom stereocenters. The molecule has 0 saturated carbocycles. The largest absolute Gasteiger partial charge is 0.484 e. The van der Waals surface area contributed by atoms with Crippen LogP contribution in [0.1, 0.15) is 25.3 Å². The maximum Gasteiger partial charge on any atom is 0.259 e. The van der Waals surface area contributed by atoms with E-state index in [0.29, 0.717) is 22.5 Å². The first-order chi connectivity index (χ1) is 15.3. The van der Waals surface area contributed by atoms with Crippen LogP contribution in [0.5, 0.6) is 5.75 Å². The van der Waals surface area contributed by atoms with Gasteiger partial charge in [-0.3, -0.25) is 14.2 Å². The van der Waals surface area contributed by atoms with Gasteiger partial charge in [-0.15, -0.1) is 10.2 Å². The summed E-state index contributed by atoms with van der Waals surface area (Å²) >= 11 is 1.31. The molecule has 0 fully saturated rings. The van der Waals surface area contributed by atoms with Crippen molar-refractivity contribution in [1.82, 2.24) is 19.7 Å². The number of amides is 2. The second kappa shape index (κ2) is 10.8. The molecule has 8 nitrogen and oxygen atoms in total. The van der Waals surface area contributed by atoms with Gasteiger partial charge in [0, 0.05) is 25.5 Å². The van der Waals surface area contributed by atoms with Crippen molar-refractivity contribution in [2.45, 2.75) is 24.9 Å². The zero-order chi connectivity index (χ0) is 23.1. The number of anilines is 1. The molecular weight excluding hydrogens is 426 g/mol. The normalized spacial score (nSPS) is 10.8. The second-order valence-corrected chi connectivity index (χ2v) is 8.61. The molecule has 0 aliphatic heterocycles. The van der Waals surface area contributed by atoms with Gasteiger partial charge in [0.2, 0.25) is 5.91 Å². The van der Waals surface area contributed by atoms with E-state index >= 15 is 0 Å². The lowest BCUT2D eigenvalue weighted by Crippen LogP contribution is -2.27. The Morgan fingerprint density at radius 2 is 1.78 bits per heavy atom. The van der Waals surface area contributed by atoms with Crippen molar-refractivity contribution in [3.8, 4) is 11.4 Å². The van der Waals surface area contributed by atoms with Crippen LogP contribution in [0.2, 0.25) is 0 Å². The number of benzene rings is 2. The molecule has 2 aromatic carbocycles. The highest BCUT2D eigenvalue weighted by atomic mass is 32.2. The third-order valence-corrected chi connectivity index (χ3v) is 5.63. The van der Waals surface area contributed by atoms with E-state index in [1.165, 1.54) is 22.2 Å². The van der Waals surface area contributed by atoms with Gasteiger partial charge in [0.25, 0.3) is 5.91 Å².